The third kappa shape index (κ3) is 5.55. The molecule has 0 atom stereocenters. The molecule has 154 valence electrons. The van der Waals surface area contributed by atoms with Gasteiger partial charge in [-0.2, -0.15) is 0 Å². The van der Waals surface area contributed by atoms with E-state index in [-0.39, 0.29) is 24.1 Å². The predicted molar refractivity (Wildman–Crippen MR) is 109 cm³/mol. The quantitative estimate of drug-likeness (QED) is 0.679. The van der Waals surface area contributed by atoms with Crippen LogP contribution in [-0.4, -0.2) is 38.1 Å². The Kier molecular flexibility index (Phi) is 7.23. The van der Waals surface area contributed by atoms with E-state index in [0.29, 0.717) is 49.7 Å². The van der Waals surface area contributed by atoms with Crippen LogP contribution in [0.15, 0.2) is 48.5 Å². The number of ether oxygens (including phenoxy) is 1. The molecule has 0 radical (unpaired) electrons. The second kappa shape index (κ2) is 9.85. The van der Waals surface area contributed by atoms with Gasteiger partial charge in [0, 0.05) is 31.3 Å². The first-order chi connectivity index (χ1) is 14.0. The molecule has 3 rings (SSSR count). The van der Waals surface area contributed by atoms with Crippen LogP contribution < -0.4 is 10.6 Å². The van der Waals surface area contributed by atoms with Crippen LogP contribution in [0.5, 0.6) is 0 Å². The van der Waals surface area contributed by atoms with E-state index in [0.717, 1.165) is 5.56 Å². The van der Waals surface area contributed by atoms with Crippen molar-refractivity contribution in [1.82, 2.24) is 10.6 Å². The van der Waals surface area contributed by atoms with Crippen molar-refractivity contribution in [1.29, 1.82) is 0 Å². The van der Waals surface area contributed by atoms with Crippen LogP contribution in [0.1, 0.15) is 24.0 Å². The van der Waals surface area contributed by atoms with Gasteiger partial charge >= 0.3 is 0 Å². The van der Waals surface area contributed by atoms with Crippen molar-refractivity contribution in [2.75, 3.05) is 26.3 Å². The van der Waals surface area contributed by atoms with Crippen LogP contribution in [-0.2, 0) is 26.2 Å². The fourth-order valence-corrected chi connectivity index (χ4v) is 3.70. The summed E-state index contributed by atoms with van der Waals surface area (Å²) in [7, 11) is 0. The normalized spacial score (nSPS) is 15.5. The topological polar surface area (TPSA) is 67.4 Å². The third-order valence-corrected chi connectivity index (χ3v) is 5.42. The zero-order valence-corrected chi connectivity index (χ0v) is 16.8. The second-order valence-corrected chi connectivity index (χ2v) is 7.55. The van der Waals surface area contributed by atoms with Gasteiger partial charge in [-0.3, -0.25) is 9.59 Å². The number of carbonyl (C=O) groups is 2. The van der Waals surface area contributed by atoms with E-state index in [1.807, 2.05) is 12.1 Å². The van der Waals surface area contributed by atoms with Crippen molar-refractivity contribution < 1.29 is 18.7 Å². The van der Waals surface area contributed by atoms with Gasteiger partial charge in [-0.1, -0.05) is 35.9 Å². The second-order valence-electron chi connectivity index (χ2n) is 7.11. The smallest absolute Gasteiger partial charge is 0.230 e. The van der Waals surface area contributed by atoms with E-state index >= 15 is 0 Å². The number of benzene rings is 2. The van der Waals surface area contributed by atoms with E-state index < -0.39 is 5.41 Å². The molecular weight excluding hydrogens is 395 g/mol. The van der Waals surface area contributed by atoms with E-state index in [2.05, 4.69) is 10.6 Å². The summed E-state index contributed by atoms with van der Waals surface area (Å²) in [6, 6.07) is 13.3. The number of halogens is 2. The van der Waals surface area contributed by atoms with Crippen LogP contribution in [0.2, 0.25) is 5.02 Å². The lowest BCUT2D eigenvalue weighted by Crippen LogP contribution is -2.49. The first-order valence-corrected chi connectivity index (χ1v) is 10.0. The lowest BCUT2D eigenvalue weighted by molar-refractivity contribution is -0.130. The zero-order valence-electron chi connectivity index (χ0n) is 16.0. The van der Waals surface area contributed by atoms with E-state index in [9.17, 15) is 14.0 Å². The maximum absolute atomic E-state index is 13.2. The van der Waals surface area contributed by atoms with Crippen LogP contribution >= 0.6 is 11.6 Å². The highest BCUT2D eigenvalue weighted by Crippen LogP contribution is 2.35. The number of carbonyl (C=O) groups excluding carboxylic acids is 2. The number of rotatable bonds is 7. The van der Waals surface area contributed by atoms with Gasteiger partial charge in [0.25, 0.3) is 0 Å². The summed E-state index contributed by atoms with van der Waals surface area (Å²) >= 11 is 5.99. The molecule has 0 aromatic heterocycles. The van der Waals surface area contributed by atoms with Crippen molar-refractivity contribution in [3.8, 4) is 0 Å². The molecule has 2 N–H and O–H groups in total. The first-order valence-electron chi connectivity index (χ1n) is 9.63. The van der Waals surface area contributed by atoms with Gasteiger partial charge in [0.2, 0.25) is 11.8 Å². The van der Waals surface area contributed by atoms with E-state index in [4.69, 9.17) is 16.3 Å². The molecule has 1 heterocycles. The summed E-state index contributed by atoms with van der Waals surface area (Å²) in [4.78, 5) is 25.0. The highest BCUT2D eigenvalue weighted by atomic mass is 35.5. The fraction of sp³-hybridized carbons (Fsp3) is 0.364. The molecule has 0 spiro atoms. The predicted octanol–water partition coefficient (Wildman–Crippen LogP) is 3.00. The van der Waals surface area contributed by atoms with Crippen LogP contribution in [0.3, 0.4) is 0 Å². The van der Waals surface area contributed by atoms with Gasteiger partial charge in [0.1, 0.15) is 5.82 Å². The number of hydrogen-bond donors (Lipinski definition) is 2. The van der Waals surface area contributed by atoms with E-state index in [1.165, 1.54) is 12.1 Å². The molecule has 1 aliphatic heterocycles. The number of amides is 2. The minimum atomic E-state index is -0.658. The summed E-state index contributed by atoms with van der Waals surface area (Å²) in [6.45, 7) is 1.64. The SMILES string of the molecule is O=C(Cc1cccc(F)c1)NCCNC(=O)C1(c2ccc(Cl)cc2)CCOCC1. The minimum absolute atomic E-state index is 0.0810. The molecule has 29 heavy (non-hydrogen) atoms. The lowest BCUT2D eigenvalue weighted by Gasteiger charge is -2.36. The average Bonchev–Trinajstić information content (AvgIpc) is 2.72. The molecule has 1 saturated heterocycles. The summed E-state index contributed by atoms with van der Waals surface area (Å²) in [5, 5.41) is 6.31. The first kappa shape index (κ1) is 21.3. The number of nitrogens with one attached hydrogen (secondary N) is 2. The Labute approximate surface area is 174 Å². The lowest BCUT2D eigenvalue weighted by atomic mass is 9.73. The summed E-state index contributed by atoms with van der Waals surface area (Å²) < 4.78 is 18.6. The van der Waals surface area contributed by atoms with Crippen molar-refractivity contribution >= 4 is 23.4 Å². The van der Waals surface area contributed by atoms with Crippen molar-refractivity contribution in [3.63, 3.8) is 0 Å². The summed E-state index contributed by atoms with van der Waals surface area (Å²) in [5.41, 5.74) is 0.863. The van der Waals surface area contributed by atoms with Crippen molar-refractivity contribution in [2.45, 2.75) is 24.7 Å². The van der Waals surface area contributed by atoms with Crippen LogP contribution in [0.25, 0.3) is 0 Å². The van der Waals surface area contributed by atoms with Gasteiger partial charge in [-0.25, -0.2) is 4.39 Å². The largest absolute Gasteiger partial charge is 0.381 e. The zero-order chi connectivity index (χ0) is 20.7. The molecule has 2 aromatic carbocycles. The maximum Gasteiger partial charge on any atom is 0.230 e. The maximum atomic E-state index is 13.2. The Hall–Kier alpha value is -2.44. The standard InChI is InChI=1S/C22H24ClFN2O3/c23-18-6-4-17(5-7-18)22(8-12-29-13-9-22)21(28)26-11-10-25-20(27)15-16-2-1-3-19(24)14-16/h1-7,14H,8-13,15H2,(H,25,27)(H,26,28). The molecule has 1 fully saturated rings. The highest BCUT2D eigenvalue weighted by molar-refractivity contribution is 6.30. The molecule has 0 unspecified atom stereocenters. The van der Waals surface area contributed by atoms with Crippen molar-refractivity contribution in [2.24, 2.45) is 0 Å². The molecule has 2 amide bonds. The van der Waals surface area contributed by atoms with Crippen LogP contribution in [0.4, 0.5) is 4.39 Å². The number of hydrogen-bond acceptors (Lipinski definition) is 3. The molecule has 5 nitrogen and oxygen atoms in total. The summed E-state index contributed by atoms with van der Waals surface area (Å²) in [5.74, 6) is -0.669. The van der Waals surface area contributed by atoms with Gasteiger partial charge < -0.3 is 15.4 Å². The molecule has 0 saturated carbocycles. The molecule has 0 aliphatic carbocycles. The Morgan fingerprint density at radius 2 is 1.72 bits per heavy atom. The van der Waals surface area contributed by atoms with Gasteiger partial charge in [-0.05, 0) is 48.2 Å². The summed E-state index contributed by atoms with van der Waals surface area (Å²) in [6.07, 6.45) is 1.27. The Balaban J connectivity index is 1.52. The van der Waals surface area contributed by atoms with Crippen molar-refractivity contribution in [3.05, 3.63) is 70.5 Å². The highest BCUT2D eigenvalue weighted by Gasteiger charge is 2.41. The Morgan fingerprint density at radius 1 is 1.03 bits per heavy atom. The molecule has 1 aliphatic rings. The van der Waals surface area contributed by atoms with Gasteiger partial charge in [0.15, 0.2) is 0 Å². The van der Waals surface area contributed by atoms with Gasteiger partial charge in [0.05, 0.1) is 11.8 Å². The monoisotopic (exact) mass is 418 g/mol. The van der Waals surface area contributed by atoms with E-state index in [1.54, 1.807) is 24.3 Å². The van der Waals surface area contributed by atoms with Gasteiger partial charge in [-0.15, -0.1) is 0 Å². The third-order valence-electron chi connectivity index (χ3n) is 5.16. The molecule has 7 heteroatoms. The van der Waals surface area contributed by atoms with Crippen LogP contribution in [0, 0.1) is 5.82 Å². The minimum Gasteiger partial charge on any atom is -0.381 e. The molecule has 0 bridgehead atoms. The Morgan fingerprint density at radius 3 is 2.41 bits per heavy atom. The fourth-order valence-electron chi connectivity index (χ4n) is 3.58. The Bertz CT molecular complexity index is 851. The molecule has 2 aromatic rings. The average molecular weight is 419 g/mol. The molecular formula is C22H24ClFN2O3.